The topological polar surface area (TPSA) is 34.1 Å². The Kier molecular flexibility index (Phi) is 2.71. The Labute approximate surface area is 99.2 Å². The molecule has 16 heavy (non-hydrogen) atoms. The lowest BCUT2D eigenvalue weighted by molar-refractivity contribution is 0.535. The molecule has 0 heterocycles. The third-order valence-corrected chi connectivity index (χ3v) is 3.91. The first-order valence-electron chi connectivity index (χ1n) is 4.22. The summed E-state index contributed by atoms with van der Waals surface area (Å²) in [4.78, 5) is -0.953. The fourth-order valence-electron chi connectivity index (χ4n) is 1.48. The van der Waals surface area contributed by atoms with Crippen molar-refractivity contribution in [1.82, 2.24) is 0 Å². The van der Waals surface area contributed by atoms with E-state index < -0.39 is 20.9 Å². The van der Waals surface area contributed by atoms with Crippen LogP contribution < -0.4 is 0 Å². The van der Waals surface area contributed by atoms with Gasteiger partial charge in [-0.25, -0.2) is 4.39 Å². The average Bonchev–Trinajstić information content (AvgIpc) is 2.15. The summed E-state index contributed by atoms with van der Waals surface area (Å²) in [6.45, 7) is 0. The Balaban J connectivity index is 2.98. The molecular formula is C10H5BrF2O2S. The van der Waals surface area contributed by atoms with E-state index in [-0.39, 0.29) is 9.86 Å². The minimum absolute atomic E-state index is 0.0712. The summed E-state index contributed by atoms with van der Waals surface area (Å²) in [6.07, 6.45) is 0. The van der Waals surface area contributed by atoms with E-state index in [2.05, 4.69) is 15.9 Å². The van der Waals surface area contributed by atoms with Gasteiger partial charge in [-0.2, -0.15) is 8.42 Å². The molecule has 2 rings (SSSR count). The molecule has 0 aliphatic heterocycles. The molecule has 0 saturated heterocycles. The Morgan fingerprint density at radius 3 is 2.44 bits per heavy atom. The number of hydrogen-bond donors (Lipinski definition) is 0. The van der Waals surface area contributed by atoms with Crippen LogP contribution >= 0.6 is 15.9 Å². The van der Waals surface area contributed by atoms with Crippen molar-refractivity contribution < 1.29 is 16.7 Å². The minimum atomic E-state index is -5.08. The van der Waals surface area contributed by atoms with Crippen LogP contribution in [-0.2, 0) is 10.2 Å². The van der Waals surface area contributed by atoms with Gasteiger partial charge in [0.15, 0.2) is 5.82 Å². The van der Waals surface area contributed by atoms with Crippen LogP contribution in [0.3, 0.4) is 0 Å². The zero-order valence-electron chi connectivity index (χ0n) is 7.75. The summed E-state index contributed by atoms with van der Waals surface area (Å²) in [5.41, 5.74) is 0. The van der Waals surface area contributed by atoms with Gasteiger partial charge in [0.05, 0.1) is 0 Å². The number of halogens is 3. The maximum absolute atomic E-state index is 13.8. The van der Waals surface area contributed by atoms with Gasteiger partial charge in [-0.15, -0.1) is 3.89 Å². The molecule has 0 fully saturated rings. The van der Waals surface area contributed by atoms with E-state index in [0.29, 0.717) is 5.39 Å². The Morgan fingerprint density at radius 1 is 1.19 bits per heavy atom. The van der Waals surface area contributed by atoms with Crippen LogP contribution in [0, 0.1) is 5.82 Å². The van der Waals surface area contributed by atoms with Crippen molar-refractivity contribution in [1.29, 1.82) is 0 Å². The maximum atomic E-state index is 13.8. The van der Waals surface area contributed by atoms with Crippen LogP contribution in [0.2, 0.25) is 0 Å². The molecule has 0 atom stereocenters. The summed E-state index contributed by atoms with van der Waals surface area (Å²) in [7, 11) is -5.08. The lowest BCUT2D eigenvalue weighted by Crippen LogP contribution is -1.99. The number of hydrogen-bond acceptors (Lipinski definition) is 2. The van der Waals surface area contributed by atoms with Gasteiger partial charge in [0, 0.05) is 9.86 Å². The number of rotatable bonds is 1. The van der Waals surface area contributed by atoms with Crippen LogP contribution in [-0.4, -0.2) is 8.42 Å². The standard InChI is InChI=1S/C10H5BrF2O2S/c11-8-5-6-3-1-2-4-7(6)9(12)10(8)16(13,14)15/h1-5H. The third kappa shape index (κ3) is 1.82. The van der Waals surface area contributed by atoms with E-state index in [4.69, 9.17) is 0 Å². The van der Waals surface area contributed by atoms with E-state index in [1.54, 1.807) is 18.2 Å². The Morgan fingerprint density at radius 2 is 1.81 bits per heavy atom. The van der Waals surface area contributed by atoms with Gasteiger partial charge >= 0.3 is 10.2 Å². The summed E-state index contributed by atoms with van der Waals surface area (Å²) in [5, 5.41) is 0.571. The van der Waals surface area contributed by atoms with Crippen LogP contribution in [0.25, 0.3) is 10.8 Å². The third-order valence-electron chi connectivity index (χ3n) is 2.14. The second-order valence-electron chi connectivity index (χ2n) is 3.16. The molecule has 0 aliphatic carbocycles. The molecule has 0 saturated carbocycles. The zero-order chi connectivity index (χ0) is 11.9. The van der Waals surface area contributed by atoms with Crippen LogP contribution in [0.1, 0.15) is 0 Å². The van der Waals surface area contributed by atoms with Crippen LogP contribution in [0.4, 0.5) is 8.28 Å². The molecule has 2 nitrogen and oxygen atoms in total. The van der Waals surface area contributed by atoms with E-state index in [9.17, 15) is 16.7 Å². The van der Waals surface area contributed by atoms with Crippen molar-refractivity contribution >= 4 is 36.9 Å². The second kappa shape index (κ2) is 3.78. The van der Waals surface area contributed by atoms with Gasteiger partial charge in [-0.3, -0.25) is 0 Å². The van der Waals surface area contributed by atoms with Gasteiger partial charge in [0.25, 0.3) is 0 Å². The lowest BCUT2D eigenvalue weighted by Gasteiger charge is -2.05. The molecular weight excluding hydrogens is 302 g/mol. The van der Waals surface area contributed by atoms with Crippen LogP contribution in [0.15, 0.2) is 39.7 Å². The Hall–Kier alpha value is -1.01. The SMILES string of the molecule is O=S(=O)(F)c1c(Br)cc2ccccc2c1F. The Bertz CT molecular complexity index is 668. The largest absolute Gasteiger partial charge is 0.336 e. The van der Waals surface area contributed by atoms with Crippen molar-refractivity contribution in [2.75, 3.05) is 0 Å². The second-order valence-corrected chi connectivity index (χ2v) is 5.30. The fourth-order valence-corrected chi connectivity index (χ4v) is 3.09. The molecule has 6 heteroatoms. The van der Waals surface area contributed by atoms with Gasteiger partial charge < -0.3 is 0 Å². The van der Waals surface area contributed by atoms with Crippen molar-refractivity contribution in [3.63, 3.8) is 0 Å². The molecule has 0 amide bonds. The van der Waals surface area contributed by atoms with E-state index in [0.717, 1.165) is 0 Å². The number of fused-ring (bicyclic) bond motifs is 1. The molecule has 0 N–H and O–H groups in total. The predicted molar refractivity (Wildman–Crippen MR) is 59.9 cm³/mol. The van der Waals surface area contributed by atoms with Crippen molar-refractivity contribution in [2.45, 2.75) is 4.90 Å². The van der Waals surface area contributed by atoms with E-state index >= 15 is 0 Å². The monoisotopic (exact) mass is 306 g/mol. The highest BCUT2D eigenvalue weighted by Gasteiger charge is 2.23. The highest BCUT2D eigenvalue weighted by Crippen LogP contribution is 2.32. The zero-order valence-corrected chi connectivity index (χ0v) is 10.1. The van der Waals surface area contributed by atoms with Crippen molar-refractivity contribution in [2.24, 2.45) is 0 Å². The molecule has 0 radical (unpaired) electrons. The predicted octanol–water partition coefficient (Wildman–Crippen LogP) is 3.40. The maximum Gasteiger partial charge on any atom is 0.336 e. The summed E-state index contributed by atoms with van der Waals surface area (Å²) in [5.74, 6) is -1.08. The highest BCUT2D eigenvalue weighted by molar-refractivity contribution is 9.10. The lowest BCUT2D eigenvalue weighted by atomic mass is 10.1. The normalized spacial score (nSPS) is 11.9. The van der Waals surface area contributed by atoms with Gasteiger partial charge in [0.2, 0.25) is 0 Å². The summed E-state index contributed by atoms with van der Waals surface area (Å²) >= 11 is 2.84. The van der Waals surface area contributed by atoms with E-state index in [1.165, 1.54) is 12.1 Å². The summed E-state index contributed by atoms with van der Waals surface area (Å²) < 4.78 is 48.1. The molecule has 84 valence electrons. The van der Waals surface area contributed by atoms with Gasteiger partial charge in [-0.1, -0.05) is 24.3 Å². The van der Waals surface area contributed by atoms with Gasteiger partial charge in [0.1, 0.15) is 4.90 Å². The molecule has 0 spiro atoms. The molecule has 0 unspecified atom stereocenters. The molecule has 2 aromatic carbocycles. The minimum Gasteiger partial charge on any atom is -0.205 e. The van der Waals surface area contributed by atoms with Crippen molar-refractivity contribution in [3.05, 3.63) is 40.6 Å². The molecule has 0 aromatic heterocycles. The van der Waals surface area contributed by atoms with E-state index in [1.807, 2.05) is 0 Å². The molecule has 0 aliphatic rings. The average molecular weight is 307 g/mol. The quantitative estimate of drug-likeness (QED) is 0.757. The van der Waals surface area contributed by atoms with Crippen molar-refractivity contribution in [3.8, 4) is 0 Å². The van der Waals surface area contributed by atoms with Gasteiger partial charge in [-0.05, 0) is 27.4 Å². The molecule has 0 bridgehead atoms. The highest BCUT2D eigenvalue weighted by atomic mass is 79.9. The summed E-state index contributed by atoms with van der Waals surface area (Å²) in [6, 6.07) is 7.60. The first-order chi connectivity index (χ1) is 7.41. The van der Waals surface area contributed by atoms with Crippen LogP contribution in [0.5, 0.6) is 0 Å². The molecule has 2 aromatic rings. The first kappa shape index (κ1) is 11.5. The fraction of sp³-hybridized carbons (Fsp3) is 0. The number of benzene rings is 2. The first-order valence-corrected chi connectivity index (χ1v) is 6.40. The smallest absolute Gasteiger partial charge is 0.205 e.